The van der Waals surface area contributed by atoms with Gasteiger partial charge in [0.25, 0.3) is 0 Å². The van der Waals surface area contributed by atoms with Crippen LogP contribution in [0.25, 0.3) is 0 Å². The third kappa shape index (κ3) is 7.39. The number of alkyl halides is 3. The standard InChI is InChI=1S/C18H25F3N2O5S/c1-17(2,3)28-16(24)22-12-13-8-10-23(11-9-13)29(25,26)15-6-4-14(5-7-15)27-18(19,20)21/h4-7,13H,8-12H2,1-3H3,(H,22,24). The van der Waals surface area contributed by atoms with Gasteiger partial charge in [0.15, 0.2) is 0 Å². The molecule has 0 radical (unpaired) electrons. The maximum atomic E-state index is 12.7. The monoisotopic (exact) mass is 438 g/mol. The molecule has 1 amide bonds. The van der Waals surface area contributed by atoms with Crippen molar-refractivity contribution < 1.29 is 35.9 Å². The average Bonchev–Trinajstić information content (AvgIpc) is 2.58. The minimum absolute atomic E-state index is 0.0997. The molecule has 1 aliphatic rings. The van der Waals surface area contributed by atoms with E-state index in [1.165, 1.54) is 4.31 Å². The number of carbonyl (C=O) groups excluding carboxylic acids is 1. The first-order chi connectivity index (χ1) is 13.3. The zero-order valence-electron chi connectivity index (χ0n) is 16.5. The van der Waals surface area contributed by atoms with Crippen molar-refractivity contribution in [3.63, 3.8) is 0 Å². The number of rotatable bonds is 5. The molecule has 0 saturated carbocycles. The van der Waals surface area contributed by atoms with Crippen LogP contribution in [0, 0.1) is 5.92 Å². The van der Waals surface area contributed by atoms with Crippen LogP contribution in [0.3, 0.4) is 0 Å². The van der Waals surface area contributed by atoms with Crippen LogP contribution >= 0.6 is 0 Å². The third-order valence-electron chi connectivity index (χ3n) is 4.20. The number of ether oxygens (including phenoxy) is 2. The maximum Gasteiger partial charge on any atom is 0.573 e. The quantitative estimate of drug-likeness (QED) is 0.761. The summed E-state index contributed by atoms with van der Waals surface area (Å²) in [6.07, 6.45) is -4.27. The second kappa shape index (κ2) is 8.78. The van der Waals surface area contributed by atoms with Crippen molar-refractivity contribution in [2.75, 3.05) is 19.6 Å². The highest BCUT2D eigenvalue weighted by atomic mass is 32.2. The first-order valence-electron chi connectivity index (χ1n) is 9.09. The van der Waals surface area contributed by atoms with Crippen molar-refractivity contribution in [1.29, 1.82) is 0 Å². The molecule has 11 heteroatoms. The van der Waals surface area contributed by atoms with E-state index in [4.69, 9.17) is 4.74 Å². The Hall–Kier alpha value is -2.01. The van der Waals surface area contributed by atoms with Crippen molar-refractivity contribution >= 4 is 16.1 Å². The summed E-state index contributed by atoms with van der Waals surface area (Å²) >= 11 is 0. The van der Waals surface area contributed by atoms with Gasteiger partial charge in [-0.05, 0) is 63.8 Å². The van der Waals surface area contributed by atoms with Gasteiger partial charge in [0, 0.05) is 19.6 Å². The van der Waals surface area contributed by atoms with Gasteiger partial charge in [-0.25, -0.2) is 13.2 Å². The second-order valence-corrected chi connectivity index (χ2v) is 9.69. The summed E-state index contributed by atoms with van der Waals surface area (Å²) in [5, 5.41) is 2.68. The first-order valence-corrected chi connectivity index (χ1v) is 10.5. The number of hydrogen-bond acceptors (Lipinski definition) is 5. The van der Waals surface area contributed by atoms with Gasteiger partial charge >= 0.3 is 12.5 Å². The molecule has 1 aromatic rings. The number of amides is 1. The van der Waals surface area contributed by atoms with E-state index in [0.29, 0.717) is 19.4 Å². The van der Waals surface area contributed by atoms with E-state index in [0.717, 1.165) is 24.3 Å². The lowest BCUT2D eigenvalue weighted by Gasteiger charge is -2.31. The molecule has 1 aromatic carbocycles. The molecule has 1 aliphatic heterocycles. The predicted octanol–water partition coefficient (Wildman–Crippen LogP) is 3.51. The van der Waals surface area contributed by atoms with Crippen LogP contribution in [0.2, 0.25) is 0 Å². The summed E-state index contributed by atoms with van der Waals surface area (Å²) in [6.45, 7) is 6.17. The summed E-state index contributed by atoms with van der Waals surface area (Å²) in [4.78, 5) is 11.6. The molecule has 164 valence electrons. The van der Waals surface area contributed by atoms with Crippen molar-refractivity contribution in [2.45, 2.75) is 50.5 Å². The van der Waals surface area contributed by atoms with Crippen molar-refractivity contribution in [2.24, 2.45) is 5.92 Å². The van der Waals surface area contributed by atoms with Gasteiger partial charge in [0.2, 0.25) is 10.0 Å². The Balaban J connectivity index is 1.88. The van der Waals surface area contributed by atoms with Crippen molar-refractivity contribution in [1.82, 2.24) is 9.62 Å². The summed E-state index contributed by atoms with van der Waals surface area (Å²) in [7, 11) is -3.82. The zero-order chi connectivity index (χ0) is 21.9. The Morgan fingerprint density at radius 3 is 2.17 bits per heavy atom. The molecule has 0 bridgehead atoms. The van der Waals surface area contributed by atoms with E-state index >= 15 is 0 Å². The molecular formula is C18H25F3N2O5S. The normalized spacial score (nSPS) is 17.0. The Labute approximate surface area is 168 Å². The van der Waals surface area contributed by atoms with Crippen LogP contribution in [0.15, 0.2) is 29.2 Å². The zero-order valence-corrected chi connectivity index (χ0v) is 17.3. The lowest BCUT2D eigenvalue weighted by atomic mass is 9.98. The van der Waals surface area contributed by atoms with Gasteiger partial charge in [-0.3, -0.25) is 0 Å². The van der Waals surface area contributed by atoms with E-state index in [1.807, 2.05) is 0 Å². The maximum absolute atomic E-state index is 12.7. The van der Waals surface area contributed by atoms with Crippen LogP contribution in [0.1, 0.15) is 33.6 Å². The van der Waals surface area contributed by atoms with E-state index in [9.17, 15) is 26.4 Å². The second-order valence-electron chi connectivity index (χ2n) is 7.75. The van der Waals surface area contributed by atoms with Gasteiger partial charge in [-0.15, -0.1) is 13.2 Å². The molecule has 0 atom stereocenters. The number of halogens is 3. The van der Waals surface area contributed by atoms with Crippen LogP contribution < -0.4 is 10.1 Å². The number of piperidine rings is 1. The highest BCUT2D eigenvalue weighted by Crippen LogP contribution is 2.27. The van der Waals surface area contributed by atoms with Crippen molar-refractivity contribution in [3.8, 4) is 5.75 Å². The fourth-order valence-corrected chi connectivity index (χ4v) is 4.33. The van der Waals surface area contributed by atoms with Crippen LogP contribution in [-0.4, -0.2) is 50.4 Å². The molecule has 7 nitrogen and oxygen atoms in total. The summed E-state index contributed by atoms with van der Waals surface area (Å²) in [5.74, 6) is -0.375. The minimum Gasteiger partial charge on any atom is -0.444 e. The molecule has 2 rings (SSSR count). The Morgan fingerprint density at radius 2 is 1.69 bits per heavy atom. The van der Waals surface area contributed by atoms with Gasteiger partial charge in [-0.1, -0.05) is 0 Å². The average molecular weight is 438 g/mol. The minimum atomic E-state index is -4.84. The summed E-state index contributed by atoms with van der Waals surface area (Å²) in [6, 6.07) is 4.12. The summed E-state index contributed by atoms with van der Waals surface area (Å²) < 4.78 is 72.2. The number of nitrogens with one attached hydrogen (secondary N) is 1. The van der Waals surface area contributed by atoms with Crippen molar-refractivity contribution in [3.05, 3.63) is 24.3 Å². The predicted molar refractivity (Wildman–Crippen MR) is 98.8 cm³/mol. The number of hydrogen-bond donors (Lipinski definition) is 1. The smallest absolute Gasteiger partial charge is 0.444 e. The number of sulfonamides is 1. The van der Waals surface area contributed by atoms with Gasteiger partial charge < -0.3 is 14.8 Å². The SMILES string of the molecule is CC(C)(C)OC(=O)NCC1CCN(S(=O)(=O)c2ccc(OC(F)(F)F)cc2)CC1. The topological polar surface area (TPSA) is 84.9 Å². The molecule has 0 unspecified atom stereocenters. The number of alkyl carbamates (subject to hydrolysis) is 1. The van der Waals surface area contributed by atoms with Gasteiger partial charge in [-0.2, -0.15) is 4.31 Å². The largest absolute Gasteiger partial charge is 0.573 e. The van der Waals surface area contributed by atoms with E-state index < -0.39 is 33.8 Å². The van der Waals surface area contributed by atoms with Crippen LogP contribution in [0.5, 0.6) is 5.75 Å². The molecule has 1 heterocycles. The highest BCUT2D eigenvalue weighted by Gasteiger charge is 2.32. The van der Waals surface area contributed by atoms with Gasteiger partial charge in [0.1, 0.15) is 11.4 Å². The number of benzene rings is 1. The third-order valence-corrected chi connectivity index (χ3v) is 6.12. The van der Waals surface area contributed by atoms with E-state index in [-0.39, 0.29) is 23.9 Å². The number of nitrogens with zero attached hydrogens (tertiary/aromatic N) is 1. The highest BCUT2D eigenvalue weighted by molar-refractivity contribution is 7.89. The molecule has 1 saturated heterocycles. The lowest BCUT2D eigenvalue weighted by molar-refractivity contribution is -0.274. The lowest BCUT2D eigenvalue weighted by Crippen LogP contribution is -2.42. The van der Waals surface area contributed by atoms with Gasteiger partial charge in [0.05, 0.1) is 4.90 Å². The molecular weight excluding hydrogens is 413 g/mol. The molecule has 1 N–H and O–H groups in total. The van der Waals surface area contributed by atoms with E-state index in [2.05, 4.69) is 10.1 Å². The Bertz CT molecular complexity index is 796. The fraction of sp³-hybridized carbons (Fsp3) is 0.611. The van der Waals surface area contributed by atoms with E-state index in [1.54, 1.807) is 20.8 Å². The molecule has 0 aromatic heterocycles. The molecule has 0 aliphatic carbocycles. The Morgan fingerprint density at radius 1 is 1.14 bits per heavy atom. The molecule has 1 fully saturated rings. The molecule has 29 heavy (non-hydrogen) atoms. The fourth-order valence-electron chi connectivity index (χ4n) is 2.86. The summed E-state index contributed by atoms with van der Waals surface area (Å²) in [5.41, 5.74) is -0.595. The van der Waals surface area contributed by atoms with Crippen LogP contribution in [0.4, 0.5) is 18.0 Å². The first kappa shape index (κ1) is 23.3. The Kier molecular flexibility index (Phi) is 7.05. The number of carbonyl (C=O) groups is 1. The molecule has 0 spiro atoms. The van der Waals surface area contributed by atoms with Crippen LogP contribution in [-0.2, 0) is 14.8 Å².